The summed E-state index contributed by atoms with van der Waals surface area (Å²) in [6, 6.07) is 5.26. The molecule has 1 aromatic carbocycles. The van der Waals surface area contributed by atoms with Crippen LogP contribution in [0.15, 0.2) is 18.2 Å². The van der Waals surface area contributed by atoms with E-state index in [0.717, 1.165) is 24.8 Å². The third-order valence-corrected chi connectivity index (χ3v) is 3.91. The number of nitrogens with one attached hydrogen (secondary N) is 1. The summed E-state index contributed by atoms with van der Waals surface area (Å²) in [4.78, 5) is 11.9. The normalized spacial score (nSPS) is 23.1. The topological polar surface area (TPSA) is 49.3 Å². The fraction of sp³-hybridized carbons (Fsp3) is 0.500. The van der Waals surface area contributed by atoms with Crippen molar-refractivity contribution >= 4 is 17.5 Å². The van der Waals surface area contributed by atoms with E-state index in [9.17, 15) is 9.90 Å². The lowest BCUT2D eigenvalue weighted by atomic mass is 10.1. The van der Waals surface area contributed by atoms with E-state index in [1.807, 2.05) is 6.92 Å². The van der Waals surface area contributed by atoms with Crippen molar-refractivity contribution < 1.29 is 9.90 Å². The maximum Gasteiger partial charge on any atom is 0.251 e. The SMILES string of the molecule is Cc1cc(C(=O)NCC2CCC(O)C2)ccc1Cl. The van der Waals surface area contributed by atoms with Crippen molar-refractivity contribution in [3.63, 3.8) is 0 Å². The standard InChI is InChI=1S/C14H18ClNO2/c1-9-6-11(3-5-13(9)15)14(18)16-8-10-2-4-12(17)7-10/h3,5-6,10,12,17H,2,4,7-8H2,1H3,(H,16,18). The maximum absolute atomic E-state index is 11.9. The lowest BCUT2D eigenvalue weighted by molar-refractivity contribution is 0.0945. The van der Waals surface area contributed by atoms with E-state index in [1.165, 1.54) is 0 Å². The molecule has 0 spiro atoms. The van der Waals surface area contributed by atoms with Crippen molar-refractivity contribution in [1.29, 1.82) is 0 Å². The summed E-state index contributed by atoms with van der Waals surface area (Å²) in [5.41, 5.74) is 1.54. The molecule has 0 heterocycles. The van der Waals surface area contributed by atoms with Gasteiger partial charge in [0.25, 0.3) is 5.91 Å². The fourth-order valence-electron chi connectivity index (χ4n) is 2.36. The Hall–Kier alpha value is -1.06. The highest BCUT2D eigenvalue weighted by atomic mass is 35.5. The largest absolute Gasteiger partial charge is 0.393 e. The van der Waals surface area contributed by atoms with Gasteiger partial charge in [-0.2, -0.15) is 0 Å². The molecular weight excluding hydrogens is 250 g/mol. The predicted octanol–water partition coefficient (Wildman–Crippen LogP) is 2.54. The molecule has 1 aliphatic carbocycles. The highest BCUT2D eigenvalue weighted by molar-refractivity contribution is 6.31. The molecule has 1 fully saturated rings. The minimum absolute atomic E-state index is 0.0730. The van der Waals surface area contributed by atoms with E-state index in [1.54, 1.807) is 18.2 Å². The summed E-state index contributed by atoms with van der Waals surface area (Å²) >= 11 is 5.92. The van der Waals surface area contributed by atoms with Gasteiger partial charge in [-0.25, -0.2) is 0 Å². The van der Waals surface area contributed by atoms with E-state index in [0.29, 0.717) is 23.0 Å². The summed E-state index contributed by atoms with van der Waals surface area (Å²) in [6.07, 6.45) is 2.44. The van der Waals surface area contributed by atoms with Gasteiger partial charge in [-0.05, 0) is 55.9 Å². The number of aliphatic hydroxyl groups is 1. The Bertz CT molecular complexity index is 447. The highest BCUT2D eigenvalue weighted by Crippen LogP contribution is 2.24. The molecule has 1 amide bonds. The van der Waals surface area contributed by atoms with Crippen LogP contribution in [-0.2, 0) is 0 Å². The smallest absolute Gasteiger partial charge is 0.251 e. The van der Waals surface area contributed by atoms with E-state index >= 15 is 0 Å². The summed E-state index contributed by atoms with van der Waals surface area (Å²) in [7, 11) is 0. The van der Waals surface area contributed by atoms with E-state index < -0.39 is 0 Å². The van der Waals surface area contributed by atoms with Crippen molar-refractivity contribution in [2.45, 2.75) is 32.3 Å². The number of hydrogen-bond donors (Lipinski definition) is 2. The first-order valence-electron chi connectivity index (χ1n) is 6.28. The van der Waals surface area contributed by atoms with Gasteiger partial charge in [-0.1, -0.05) is 11.6 Å². The molecule has 18 heavy (non-hydrogen) atoms. The molecular formula is C14H18ClNO2. The molecule has 2 unspecified atom stereocenters. The van der Waals surface area contributed by atoms with Crippen LogP contribution in [0, 0.1) is 12.8 Å². The summed E-state index contributed by atoms with van der Waals surface area (Å²) in [5.74, 6) is 0.327. The third kappa shape index (κ3) is 3.24. The zero-order valence-electron chi connectivity index (χ0n) is 10.4. The number of amides is 1. The van der Waals surface area contributed by atoms with Gasteiger partial charge in [0.1, 0.15) is 0 Å². The second-order valence-corrected chi connectivity index (χ2v) is 5.41. The highest BCUT2D eigenvalue weighted by Gasteiger charge is 2.23. The van der Waals surface area contributed by atoms with E-state index in [-0.39, 0.29) is 12.0 Å². The Morgan fingerprint density at radius 1 is 1.50 bits per heavy atom. The molecule has 2 atom stereocenters. The van der Waals surface area contributed by atoms with Crippen LogP contribution in [0.3, 0.4) is 0 Å². The molecule has 0 aromatic heterocycles. The lowest BCUT2D eigenvalue weighted by Crippen LogP contribution is -2.28. The van der Waals surface area contributed by atoms with Gasteiger partial charge < -0.3 is 10.4 Å². The van der Waals surface area contributed by atoms with Crippen LogP contribution in [-0.4, -0.2) is 23.7 Å². The van der Waals surface area contributed by atoms with Crippen LogP contribution in [0.1, 0.15) is 35.2 Å². The number of benzene rings is 1. The van der Waals surface area contributed by atoms with Crippen molar-refractivity contribution in [3.8, 4) is 0 Å². The van der Waals surface area contributed by atoms with Crippen molar-refractivity contribution in [2.75, 3.05) is 6.54 Å². The van der Waals surface area contributed by atoms with Crippen LogP contribution in [0.25, 0.3) is 0 Å². The first-order chi connectivity index (χ1) is 8.56. The zero-order chi connectivity index (χ0) is 13.1. The van der Waals surface area contributed by atoms with Crippen LogP contribution in [0.4, 0.5) is 0 Å². The first-order valence-corrected chi connectivity index (χ1v) is 6.66. The molecule has 1 saturated carbocycles. The van der Waals surface area contributed by atoms with Gasteiger partial charge in [0, 0.05) is 17.1 Å². The summed E-state index contributed by atoms with van der Waals surface area (Å²) in [6.45, 7) is 2.52. The summed E-state index contributed by atoms with van der Waals surface area (Å²) < 4.78 is 0. The zero-order valence-corrected chi connectivity index (χ0v) is 11.2. The minimum Gasteiger partial charge on any atom is -0.393 e. The predicted molar refractivity (Wildman–Crippen MR) is 71.9 cm³/mol. The van der Waals surface area contributed by atoms with Gasteiger partial charge >= 0.3 is 0 Å². The molecule has 0 aliphatic heterocycles. The van der Waals surface area contributed by atoms with E-state index in [4.69, 9.17) is 11.6 Å². The van der Waals surface area contributed by atoms with Crippen molar-refractivity contribution in [2.24, 2.45) is 5.92 Å². The van der Waals surface area contributed by atoms with Gasteiger partial charge in [0.2, 0.25) is 0 Å². The van der Waals surface area contributed by atoms with Gasteiger partial charge in [0.05, 0.1) is 6.10 Å². The Morgan fingerprint density at radius 2 is 2.28 bits per heavy atom. The van der Waals surface area contributed by atoms with Crippen LogP contribution in [0.5, 0.6) is 0 Å². The number of aliphatic hydroxyl groups excluding tert-OH is 1. The monoisotopic (exact) mass is 267 g/mol. The number of aryl methyl sites for hydroxylation is 1. The fourth-order valence-corrected chi connectivity index (χ4v) is 2.48. The molecule has 0 bridgehead atoms. The quantitative estimate of drug-likeness (QED) is 0.884. The van der Waals surface area contributed by atoms with Gasteiger partial charge in [0.15, 0.2) is 0 Å². The second-order valence-electron chi connectivity index (χ2n) is 5.01. The van der Waals surface area contributed by atoms with Crippen molar-refractivity contribution in [1.82, 2.24) is 5.32 Å². The second kappa shape index (κ2) is 5.72. The first kappa shape index (κ1) is 13.4. The number of carbonyl (C=O) groups excluding carboxylic acids is 1. The van der Waals surface area contributed by atoms with E-state index in [2.05, 4.69) is 5.32 Å². The lowest BCUT2D eigenvalue weighted by Gasteiger charge is -2.11. The molecule has 1 aromatic rings. The van der Waals surface area contributed by atoms with Crippen LogP contribution >= 0.6 is 11.6 Å². The Balaban J connectivity index is 1.89. The summed E-state index contributed by atoms with van der Waals surface area (Å²) in [5, 5.41) is 13.0. The Kier molecular flexibility index (Phi) is 4.25. The molecule has 2 rings (SSSR count). The van der Waals surface area contributed by atoms with Crippen LogP contribution in [0.2, 0.25) is 5.02 Å². The maximum atomic E-state index is 11.9. The molecule has 0 saturated heterocycles. The van der Waals surface area contributed by atoms with Crippen molar-refractivity contribution in [3.05, 3.63) is 34.3 Å². The average molecular weight is 268 g/mol. The minimum atomic E-state index is -0.190. The molecule has 2 N–H and O–H groups in total. The number of carbonyl (C=O) groups is 1. The molecule has 1 aliphatic rings. The molecule has 0 radical (unpaired) electrons. The van der Waals surface area contributed by atoms with Gasteiger partial charge in [-0.15, -0.1) is 0 Å². The van der Waals surface area contributed by atoms with Crippen LogP contribution < -0.4 is 5.32 Å². The average Bonchev–Trinajstić information content (AvgIpc) is 2.75. The number of rotatable bonds is 3. The van der Waals surface area contributed by atoms with Gasteiger partial charge in [-0.3, -0.25) is 4.79 Å². The molecule has 4 heteroatoms. The third-order valence-electron chi connectivity index (χ3n) is 3.48. The molecule has 98 valence electrons. The molecule has 3 nitrogen and oxygen atoms in total. The Labute approximate surface area is 112 Å². The number of halogens is 1. The Morgan fingerprint density at radius 3 is 2.89 bits per heavy atom. The number of hydrogen-bond acceptors (Lipinski definition) is 2.